The fourth-order valence-electron chi connectivity index (χ4n) is 5.81. The van der Waals surface area contributed by atoms with Gasteiger partial charge in [-0.3, -0.25) is 9.80 Å². The summed E-state index contributed by atoms with van der Waals surface area (Å²) in [4.78, 5) is 9.69. The van der Waals surface area contributed by atoms with E-state index in [0.717, 1.165) is 73.8 Å². The smallest absolute Gasteiger partial charge is 0.227 e. The molecule has 40 heavy (non-hydrogen) atoms. The summed E-state index contributed by atoms with van der Waals surface area (Å²) in [5, 5.41) is 0. The zero-order valence-electron chi connectivity index (χ0n) is 23.9. The van der Waals surface area contributed by atoms with Crippen molar-refractivity contribution in [3.8, 4) is 23.0 Å². The van der Waals surface area contributed by atoms with Crippen molar-refractivity contribution >= 4 is 11.1 Å². The van der Waals surface area contributed by atoms with Crippen molar-refractivity contribution in [2.24, 2.45) is 0 Å². The van der Waals surface area contributed by atoms with Crippen LogP contribution in [0, 0.1) is 0 Å². The van der Waals surface area contributed by atoms with Gasteiger partial charge in [0.05, 0.1) is 33.2 Å². The van der Waals surface area contributed by atoms with Crippen LogP contribution in [0.1, 0.15) is 38.5 Å². The van der Waals surface area contributed by atoms with E-state index in [1.165, 1.54) is 25.7 Å². The number of hydrogen-bond acceptors (Lipinski definition) is 8. The molecule has 8 nitrogen and oxygen atoms in total. The second kappa shape index (κ2) is 14.5. The van der Waals surface area contributed by atoms with Crippen molar-refractivity contribution in [1.82, 2.24) is 14.8 Å². The Hall–Kier alpha value is -3.07. The lowest BCUT2D eigenvalue weighted by Crippen LogP contribution is -2.34. The van der Waals surface area contributed by atoms with Crippen molar-refractivity contribution in [3.63, 3.8) is 0 Å². The summed E-state index contributed by atoms with van der Waals surface area (Å²) >= 11 is 0. The van der Waals surface area contributed by atoms with Crippen molar-refractivity contribution < 1.29 is 23.4 Å². The van der Waals surface area contributed by atoms with E-state index in [0.29, 0.717) is 31.2 Å². The van der Waals surface area contributed by atoms with Crippen LogP contribution < -0.4 is 9.47 Å². The van der Waals surface area contributed by atoms with Crippen LogP contribution in [0.5, 0.6) is 11.5 Å². The van der Waals surface area contributed by atoms with E-state index in [-0.39, 0.29) is 0 Å². The van der Waals surface area contributed by atoms with Gasteiger partial charge in [-0.1, -0.05) is 0 Å². The summed E-state index contributed by atoms with van der Waals surface area (Å²) < 4.78 is 28.6. The maximum Gasteiger partial charge on any atom is 0.227 e. The molecule has 2 saturated heterocycles. The molecular weight excluding hydrogens is 506 g/mol. The molecule has 2 aliphatic heterocycles. The third-order valence-electron chi connectivity index (χ3n) is 7.89. The highest BCUT2D eigenvalue weighted by atomic mass is 16.5. The maximum atomic E-state index is 6.08. The second-order valence-electron chi connectivity index (χ2n) is 10.7. The van der Waals surface area contributed by atoms with Crippen LogP contribution in [-0.4, -0.2) is 87.1 Å². The van der Waals surface area contributed by atoms with Crippen molar-refractivity contribution in [2.75, 3.05) is 60.2 Å². The van der Waals surface area contributed by atoms with Crippen molar-refractivity contribution in [2.45, 2.75) is 50.6 Å². The molecule has 2 unspecified atom stereocenters. The Morgan fingerprint density at radius 3 is 2.42 bits per heavy atom. The number of nitrogens with zero attached hydrogens (tertiary/aromatic N) is 3. The van der Waals surface area contributed by atoms with Gasteiger partial charge in [-0.25, -0.2) is 4.98 Å². The zero-order valence-corrected chi connectivity index (χ0v) is 23.9. The number of fused-ring (bicyclic) bond motifs is 1. The first kappa shape index (κ1) is 28.5. The van der Waals surface area contributed by atoms with E-state index in [9.17, 15) is 0 Å². The summed E-state index contributed by atoms with van der Waals surface area (Å²) in [6.07, 6.45) is 10.8. The molecule has 0 bridgehead atoms. The summed E-state index contributed by atoms with van der Waals surface area (Å²) in [5.41, 5.74) is 2.47. The van der Waals surface area contributed by atoms with Crippen LogP contribution in [0.4, 0.5) is 0 Å². The Kier molecular flexibility index (Phi) is 10.3. The first-order valence-electron chi connectivity index (χ1n) is 14.7. The molecule has 2 aromatic carbocycles. The number of ether oxygens (including phenoxy) is 4. The van der Waals surface area contributed by atoms with Gasteiger partial charge in [-0.2, -0.15) is 0 Å². The SMILES string of the molecule is COC=CC1CCCN1CCCOc1ccc2nc(-c3ccc(OCCCN4CCCC4COC)cc3)oc2c1. The summed E-state index contributed by atoms with van der Waals surface area (Å²) in [6, 6.07) is 14.8. The normalized spacial score (nSPS) is 20.1. The van der Waals surface area contributed by atoms with E-state index >= 15 is 0 Å². The van der Waals surface area contributed by atoms with Gasteiger partial charge in [0.15, 0.2) is 5.58 Å². The number of aromatic nitrogens is 1. The third kappa shape index (κ3) is 7.56. The third-order valence-corrected chi connectivity index (χ3v) is 7.89. The van der Waals surface area contributed by atoms with Gasteiger partial charge in [0.25, 0.3) is 0 Å². The quantitative estimate of drug-likeness (QED) is 0.175. The van der Waals surface area contributed by atoms with Gasteiger partial charge >= 0.3 is 0 Å². The fraction of sp³-hybridized carbons (Fsp3) is 0.531. The number of rotatable bonds is 15. The predicted molar refractivity (Wildman–Crippen MR) is 157 cm³/mol. The predicted octanol–water partition coefficient (Wildman–Crippen LogP) is 5.77. The molecule has 3 aromatic rings. The Labute approximate surface area is 237 Å². The maximum absolute atomic E-state index is 6.08. The lowest BCUT2D eigenvalue weighted by molar-refractivity contribution is 0.111. The minimum Gasteiger partial charge on any atom is -0.505 e. The highest BCUT2D eigenvalue weighted by Crippen LogP contribution is 2.28. The topological polar surface area (TPSA) is 69.4 Å². The summed E-state index contributed by atoms with van der Waals surface area (Å²) in [5.74, 6) is 2.26. The van der Waals surface area contributed by atoms with Crippen LogP contribution >= 0.6 is 0 Å². The molecule has 0 amide bonds. The molecule has 3 heterocycles. The van der Waals surface area contributed by atoms with Crippen molar-refractivity contribution in [3.05, 3.63) is 54.8 Å². The van der Waals surface area contributed by atoms with Crippen LogP contribution in [0.2, 0.25) is 0 Å². The number of likely N-dealkylation sites (tertiary alicyclic amines) is 2. The molecule has 8 heteroatoms. The average Bonchev–Trinajstić information content (AvgIpc) is 3.73. The van der Waals surface area contributed by atoms with Crippen LogP contribution in [0.15, 0.2) is 59.2 Å². The number of oxazole rings is 1. The van der Waals surface area contributed by atoms with E-state index in [2.05, 4.69) is 20.9 Å². The van der Waals surface area contributed by atoms with Gasteiger partial charge in [0, 0.05) is 43.9 Å². The lowest BCUT2D eigenvalue weighted by Gasteiger charge is -2.23. The molecule has 2 aliphatic rings. The van der Waals surface area contributed by atoms with E-state index in [1.807, 2.05) is 42.5 Å². The Morgan fingerprint density at radius 1 is 0.900 bits per heavy atom. The standard InChI is InChI=1S/C32H43N3O5/c1-36-22-15-26-7-3-16-34(26)18-5-21-39-29-13-14-30-31(23-29)40-32(33-30)25-9-11-28(12-10-25)38-20-6-19-35-17-4-8-27(35)24-37-2/h9-15,22-23,26-27H,3-8,16-21,24H2,1-2H3. The second-order valence-corrected chi connectivity index (χ2v) is 10.7. The monoisotopic (exact) mass is 549 g/mol. The highest BCUT2D eigenvalue weighted by Gasteiger charge is 2.24. The zero-order chi connectivity index (χ0) is 27.6. The summed E-state index contributed by atoms with van der Waals surface area (Å²) in [7, 11) is 3.48. The Morgan fingerprint density at radius 2 is 1.62 bits per heavy atom. The highest BCUT2D eigenvalue weighted by molar-refractivity contribution is 5.77. The average molecular weight is 550 g/mol. The molecule has 5 rings (SSSR count). The van der Waals surface area contributed by atoms with E-state index in [4.69, 9.17) is 23.4 Å². The van der Waals surface area contributed by atoms with Gasteiger partial charge in [-0.15, -0.1) is 0 Å². The molecule has 0 spiro atoms. The van der Waals surface area contributed by atoms with E-state index < -0.39 is 0 Å². The largest absolute Gasteiger partial charge is 0.505 e. The number of benzene rings is 2. The van der Waals surface area contributed by atoms with Gasteiger partial charge in [0.1, 0.15) is 17.0 Å². The van der Waals surface area contributed by atoms with Crippen LogP contribution in [-0.2, 0) is 9.47 Å². The molecule has 0 saturated carbocycles. The first-order chi connectivity index (χ1) is 19.7. The molecule has 1 aromatic heterocycles. The molecule has 2 fully saturated rings. The molecule has 2 atom stereocenters. The first-order valence-corrected chi connectivity index (χ1v) is 14.7. The van der Waals surface area contributed by atoms with Crippen LogP contribution in [0.3, 0.4) is 0 Å². The molecule has 0 aliphatic carbocycles. The Bertz CT molecular complexity index is 1210. The van der Waals surface area contributed by atoms with Gasteiger partial charge < -0.3 is 23.4 Å². The summed E-state index contributed by atoms with van der Waals surface area (Å²) in [6.45, 7) is 6.54. The van der Waals surface area contributed by atoms with Gasteiger partial charge in [0.2, 0.25) is 5.89 Å². The number of methoxy groups -OCH3 is 2. The van der Waals surface area contributed by atoms with Gasteiger partial charge in [-0.05, 0) is 94.1 Å². The minimum absolute atomic E-state index is 0.471. The molecule has 0 N–H and O–H groups in total. The van der Waals surface area contributed by atoms with Crippen molar-refractivity contribution in [1.29, 1.82) is 0 Å². The molecule has 216 valence electrons. The molecule has 0 radical (unpaired) electrons. The molecular formula is C32H43N3O5. The number of hydrogen-bond donors (Lipinski definition) is 0. The minimum atomic E-state index is 0.471. The fourth-order valence-corrected chi connectivity index (χ4v) is 5.81. The lowest BCUT2D eigenvalue weighted by atomic mass is 10.2. The van der Waals surface area contributed by atoms with E-state index in [1.54, 1.807) is 20.5 Å². The Balaban J connectivity index is 1.07. The van der Waals surface area contributed by atoms with Crippen LogP contribution in [0.25, 0.3) is 22.6 Å².